The molecule has 4 aromatic rings. The number of carbonyl (C=O) groups is 1. The van der Waals surface area contributed by atoms with Crippen LogP contribution in [0.15, 0.2) is 53.8 Å². The van der Waals surface area contributed by atoms with Crippen LogP contribution in [0.2, 0.25) is 0 Å². The lowest BCUT2D eigenvalue weighted by Crippen LogP contribution is -2.29. The molecule has 0 aliphatic heterocycles. The number of imidazole rings is 1. The van der Waals surface area contributed by atoms with Gasteiger partial charge in [0.1, 0.15) is 12.7 Å². The molecule has 30 heavy (non-hydrogen) atoms. The first-order chi connectivity index (χ1) is 14.3. The number of nitrogens with zero attached hydrogens (tertiary/aromatic N) is 3. The summed E-state index contributed by atoms with van der Waals surface area (Å²) >= 11 is 0. The van der Waals surface area contributed by atoms with Crippen LogP contribution in [0.5, 0.6) is 0 Å². The fourth-order valence-electron chi connectivity index (χ4n) is 2.94. The van der Waals surface area contributed by atoms with Gasteiger partial charge in [0.15, 0.2) is 0 Å². The number of rotatable bonds is 4. The molecule has 9 nitrogen and oxygen atoms in total. The van der Waals surface area contributed by atoms with Crippen LogP contribution in [0.1, 0.15) is 11.1 Å². The number of hydrogen-bond acceptors (Lipinski definition) is 4. The van der Waals surface area contributed by atoms with E-state index in [1.54, 1.807) is 18.2 Å². The molecule has 0 spiro atoms. The summed E-state index contributed by atoms with van der Waals surface area (Å²) in [4.78, 5) is 32.7. The molecule has 0 fully saturated rings. The fourth-order valence-corrected chi connectivity index (χ4v) is 2.94. The Morgan fingerprint density at radius 2 is 2.00 bits per heavy atom. The zero-order valence-corrected chi connectivity index (χ0v) is 15.1. The first-order valence-corrected chi connectivity index (χ1v) is 8.62. The zero-order chi connectivity index (χ0) is 21.3. The first-order valence-electron chi connectivity index (χ1n) is 8.62. The Hall–Kier alpha value is -4.09. The summed E-state index contributed by atoms with van der Waals surface area (Å²) in [5.74, 6) is 0. The topological polar surface area (TPSA) is 120 Å². The fraction of sp³-hybridized carbons (Fsp3) is 0.111. The van der Waals surface area contributed by atoms with Crippen molar-refractivity contribution in [2.45, 2.75) is 12.7 Å². The van der Waals surface area contributed by atoms with Crippen molar-refractivity contribution >= 4 is 22.8 Å². The third-order valence-electron chi connectivity index (χ3n) is 4.32. The predicted octanol–water partition coefficient (Wildman–Crippen LogP) is 2.78. The second-order valence-electron chi connectivity index (χ2n) is 6.30. The number of anilines is 1. The number of amides is 2. The van der Waals surface area contributed by atoms with Gasteiger partial charge in [0.2, 0.25) is 0 Å². The lowest BCUT2D eigenvalue weighted by Gasteiger charge is -2.14. The molecule has 0 saturated carbocycles. The molecule has 0 saturated heterocycles. The molecule has 0 aliphatic carbocycles. The first kappa shape index (κ1) is 19.2. The van der Waals surface area contributed by atoms with Gasteiger partial charge in [-0.1, -0.05) is 12.1 Å². The number of halogens is 3. The molecule has 0 bridgehead atoms. The summed E-state index contributed by atoms with van der Waals surface area (Å²) < 4.78 is 40.4. The monoisotopic (exact) mass is 417 g/mol. The van der Waals surface area contributed by atoms with Crippen molar-refractivity contribution in [2.75, 3.05) is 5.32 Å². The molecule has 4 rings (SSSR count). The van der Waals surface area contributed by atoms with Gasteiger partial charge in [-0.15, -0.1) is 0 Å². The Bertz CT molecular complexity index is 1260. The predicted molar refractivity (Wildman–Crippen MR) is 101 cm³/mol. The van der Waals surface area contributed by atoms with Crippen molar-refractivity contribution in [2.24, 2.45) is 0 Å². The molecule has 4 N–H and O–H groups in total. The SMILES string of the molecule is O=C(NCc1ccc(C(F)(F)F)cc1-n1cncn1)Nc1cccc2[nH]c(=O)[nH]c12. The largest absolute Gasteiger partial charge is 0.416 e. The average Bonchev–Trinajstić information content (AvgIpc) is 3.35. The van der Waals surface area contributed by atoms with Gasteiger partial charge in [-0.3, -0.25) is 0 Å². The maximum atomic E-state index is 13.1. The average molecular weight is 417 g/mol. The summed E-state index contributed by atoms with van der Waals surface area (Å²) in [6.45, 7) is -0.0706. The highest BCUT2D eigenvalue weighted by atomic mass is 19.4. The Morgan fingerprint density at radius 3 is 2.73 bits per heavy atom. The van der Waals surface area contributed by atoms with Crippen molar-refractivity contribution in [1.29, 1.82) is 0 Å². The number of nitrogens with one attached hydrogen (secondary N) is 4. The van der Waals surface area contributed by atoms with Crippen molar-refractivity contribution in [3.05, 3.63) is 70.7 Å². The smallest absolute Gasteiger partial charge is 0.334 e. The van der Waals surface area contributed by atoms with Gasteiger partial charge in [-0.05, 0) is 29.8 Å². The summed E-state index contributed by atoms with van der Waals surface area (Å²) in [7, 11) is 0. The Labute approximate surface area is 165 Å². The van der Waals surface area contributed by atoms with Crippen LogP contribution < -0.4 is 16.3 Å². The number of H-pyrrole nitrogens is 2. The molecule has 2 aromatic carbocycles. The highest BCUT2D eigenvalue weighted by Gasteiger charge is 2.31. The maximum Gasteiger partial charge on any atom is 0.416 e. The van der Waals surface area contributed by atoms with Crippen molar-refractivity contribution < 1.29 is 18.0 Å². The summed E-state index contributed by atoms with van der Waals surface area (Å²) in [5.41, 5.74) is 0.597. The van der Waals surface area contributed by atoms with Crippen molar-refractivity contribution in [1.82, 2.24) is 30.0 Å². The maximum absolute atomic E-state index is 13.1. The quantitative estimate of drug-likeness (QED) is 0.408. The minimum Gasteiger partial charge on any atom is -0.334 e. The van der Waals surface area contributed by atoms with Gasteiger partial charge < -0.3 is 20.6 Å². The summed E-state index contributed by atoms with van der Waals surface area (Å²) in [6, 6.07) is 7.46. The highest BCUT2D eigenvalue weighted by Crippen LogP contribution is 2.31. The number of hydrogen-bond donors (Lipinski definition) is 4. The van der Waals surface area contributed by atoms with Gasteiger partial charge in [0.25, 0.3) is 0 Å². The number of carbonyl (C=O) groups excluding carboxylic acids is 1. The van der Waals surface area contributed by atoms with E-state index in [0.717, 1.165) is 12.1 Å². The molecular formula is C18H14F3N7O2. The number of para-hydroxylation sites is 1. The van der Waals surface area contributed by atoms with Crippen LogP contribution in [-0.2, 0) is 12.7 Å². The van der Waals surface area contributed by atoms with Gasteiger partial charge in [-0.25, -0.2) is 19.3 Å². The van der Waals surface area contributed by atoms with Gasteiger partial charge >= 0.3 is 17.9 Å². The molecule has 154 valence electrons. The third-order valence-corrected chi connectivity index (χ3v) is 4.32. The van der Waals surface area contributed by atoms with E-state index >= 15 is 0 Å². The number of fused-ring (bicyclic) bond motifs is 1. The molecular weight excluding hydrogens is 403 g/mol. The van der Waals surface area contributed by atoms with Crippen molar-refractivity contribution in [3.8, 4) is 5.69 Å². The van der Waals surface area contributed by atoms with Gasteiger partial charge in [0.05, 0.1) is 28.0 Å². The Balaban J connectivity index is 1.54. The summed E-state index contributed by atoms with van der Waals surface area (Å²) in [6.07, 6.45) is -2.06. The van der Waals surface area contributed by atoms with E-state index in [2.05, 4.69) is 30.7 Å². The van der Waals surface area contributed by atoms with E-state index in [-0.39, 0.29) is 12.2 Å². The number of aromatic nitrogens is 5. The van der Waals surface area contributed by atoms with Crippen LogP contribution in [0.25, 0.3) is 16.7 Å². The van der Waals surface area contributed by atoms with E-state index in [0.29, 0.717) is 22.3 Å². The normalized spacial score (nSPS) is 11.6. The van der Waals surface area contributed by atoms with Crippen molar-refractivity contribution in [3.63, 3.8) is 0 Å². The number of alkyl halides is 3. The van der Waals surface area contributed by atoms with Crippen LogP contribution in [0.3, 0.4) is 0 Å². The minimum atomic E-state index is -4.52. The van der Waals surface area contributed by atoms with E-state index in [9.17, 15) is 22.8 Å². The second-order valence-corrected chi connectivity index (χ2v) is 6.30. The summed E-state index contributed by atoms with van der Waals surface area (Å²) in [5, 5.41) is 9.06. The van der Waals surface area contributed by atoms with E-state index in [4.69, 9.17) is 0 Å². The van der Waals surface area contributed by atoms with E-state index in [1.807, 2.05) is 0 Å². The van der Waals surface area contributed by atoms with Gasteiger partial charge in [-0.2, -0.15) is 18.3 Å². The molecule has 0 aliphatic rings. The molecule has 0 unspecified atom stereocenters. The molecule has 2 amide bonds. The lowest BCUT2D eigenvalue weighted by atomic mass is 10.1. The van der Waals surface area contributed by atoms with Gasteiger partial charge in [0, 0.05) is 6.54 Å². The Morgan fingerprint density at radius 1 is 1.17 bits per heavy atom. The minimum absolute atomic E-state index is 0.0706. The Kier molecular flexibility index (Phi) is 4.74. The molecule has 12 heteroatoms. The van der Waals surface area contributed by atoms with Crippen LogP contribution in [-0.4, -0.2) is 30.8 Å². The van der Waals surface area contributed by atoms with E-state index < -0.39 is 23.5 Å². The van der Waals surface area contributed by atoms with Crippen LogP contribution in [0.4, 0.5) is 23.7 Å². The number of benzene rings is 2. The zero-order valence-electron chi connectivity index (χ0n) is 15.1. The molecule has 0 radical (unpaired) electrons. The molecule has 2 aromatic heterocycles. The molecule has 0 atom stereocenters. The van der Waals surface area contributed by atoms with E-state index in [1.165, 1.54) is 23.4 Å². The highest BCUT2D eigenvalue weighted by molar-refractivity contribution is 5.98. The second kappa shape index (κ2) is 7.39. The standard InChI is InChI=1S/C18H14F3N7O2/c19-18(20,21)11-5-4-10(14(6-11)28-9-22-8-24-28)7-23-16(29)25-12-2-1-3-13-15(12)27-17(30)26-13/h1-6,8-9H,7H2,(H2,23,25,29)(H2,26,27,30). The number of aromatic amines is 2. The van der Waals surface area contributed by atoms with Crippen LogP contribution in [0, 0.1) is 0 Å². The lowest BCUT2D eigenvalue weighted by molar-refractivity contribution is -0.137. The third kappa shape index (κ3) is 3.87. The van der Waals surface area contributed by atoms with Crippen LogP contribution >= 0.6 is 0 Å². The number of urea groups is 1. The molecule has 2 heterocycles.